The molecule has 100 valence electrons. The van der Waals surface area contributed by atoms with Gasteiger partial charge in [0.2, 0.25) is 0 Å². The van der Waals surface area contributed by atoms with Gasteiger partial charge in [-0.25, -0.2) is 0 Å². The second-order valence-corrected chi connectivity index (χ2v) is 4.43. The van der Waals surface area contributed by atoms with Gasteiger partial charge in [-0.1, -0.05) is 37.6 Å². The molecule has 4 heteroatoms. The number of benzene rings is 1. The molecule has 0 aliphatic heterocycles. The van der Waals surface area contributed by atoms with E-state index in [0.717, 1.165) is 18.4 Å². The van der Waals surface area contributed by atoms with Crippen molar-refractivity contribution in [2.24, 2.45) is 0 Å². The molecule has 0 radical (unpaired) electrons. The third-order valence-corrected chi connectivity index (χ3v) is 3.01. The molecule has 2 atom stereocenters. The molecule has 1 rings (SSSR count). The Morgan fingerprint density at radius 2 is 1.94 bits per heavy atom. The smallest absolute Gasteiger partial charge is 0.305 e. The normalized spacial score (nSPS) is 14.2. The van der Waals surface area contributed by atoms with Crippen molar-refractivity contribution in [3.63, 3.8) is 0 Å². The zero-order valence-electron chi connectivity index (χ0n) is 10.9. The van der Waals surface area contributed by atoms with E-state index in [2.05, 4.69) is 12.2 Å². The maximum atomic E-state index is 10.7. The molecule has 0 fully saturated rings. The molecule has 0 saturated heterocycles. The van der Waals surface area contributed by atoms with Crippen molar-refractivity contribution in [3.05, 3.63) is 35.4 Å². The first kappa shape index (κ1) is 14.7. The highest BCUT2D eigenvalue weighted by Gasteiger charge is 2.21. The number of aliphatic hydroxyl groups is 1. The number of hydrogen-bond donors (Lipinski definition) is 3. The first-order valence-electron chi connectivity index (χ1n) is 6.24. The molecule has 18 heavy (non-hydrogen) atoms. The topological polar surface area (TPSA) is 69.6 Å². The van der Waals surface area contributed by atoms with Gasteiger partial charge in [-0.2, -0.15) is 0 Å². The van der Waals surface area contributed by atoms with Crippen molar-refractivity contribution in [3.8, 4) is 0 Å². The summed E-state index contributed by atoms with van der Waals surface area (Å²) in [5, 5.41) is 21.7. The van der Waals surface area contributed by atoms with Crippen LogP contribution in [0.25, 0.3) is 0 Å². The summed E-state index contributed by atoms with van der Waals surface area (Å²) in [4.78, 5) is 10.7. The zero-order chi connectivity index (χ0) is 13.5. The van der Waals surface area contributed by atoms with Crippen LogP contribution in [0.5, 0.6) is 0 Å². The van der Waals surface area contributed by atoms with Gasteiger partial charge in [0.1, 0.15) is 0 Å². The lowest BCUT2D eigenvalue weighted by Gasteiger charge is -2.21. The lowest BCUT2D eigenvalue weighted by molar-refractivity contribution is -0.138. The number of nitrogens with one attached hydrogen (secondary N) is 1. The Balaban J connectivity index is 2.75. The number of carboxylic acids is 1. The van der Waals surface area contributed by atoms with Gasteiger partial charge in [0, 0.05) is 6.04 Å². The van der Waals surface area contributed by atoms with Crippen molar-refractivity contribution >= 4 is 5.97 Å². The molecule has 0 aromatic heterocycles. The molecule has 0 aliphatic carbocycles. The predicted octanol–water partition coefficient (Wildman–Crippen LogP) is 1.74. The van der Waals surface area contributed by atoms with Crippen molar-refractivity contribution in [2.45, 2.75) is 38.3 Å². The highest BCUT2D eigenvalue weighted by atomic mass is 16.4. The maximum Gasteiger partial charge on any atom is 0.305 e. The SMILES string of the molecule is CCCc1ccc(C(O)C(CC(=O)O)NC)cc1. The van der Waals surface area contributed by atoms with Gasteiger partial charge >= 0.3 is 5.97 Å². The first-order chi connectivity index (χ1) is 8.58. The Bertz CT molecular complexity index is 375. The van der Waals surface area contributed by atoms with Gasteiger partial charge in [-0.05, 0) is 24.6 Å². The van der Waals surface area contributed by atoms with Gasteiger partial charge in [0.05, 0.1) is 12.5 Å². The van der Waals surface area contributed by atoms with Crippen LogP contribution < -0.4 is 5.32 Å². The summed E-state index contributed by atoms with van der Waals surface area (Å²) >= 11 is 0. The molecular formula is C14H21NO3. The van der Waals surface area contributed by atoms with E-state index in [0.29, 0.717) is 0 Å². The average molecular weight is 251 g/mol. The van der Waals surface area contributed by atoms with Gasteiger partial charge in [0.25, 0.3) is 0 Å². The van der Waals surface area contributed by atoms with Crippen molar-refractivity contribution in [1.82, 2.24) is 5.32 Å². The molecule has 0 spiro atoms. The summed E-state index contributed by atoms with van der Waals surface area (Å²) in [5.41, 5.74) is 1.98. The van der Waals surface area contributed by atoms with E-state index in [4.69, 9.17) is 5.11 Å². The van der Waals surface area contributed by atoms with Crippen LogP contribution >= 0.6 is 0 Å². The van der Waals surface area contributed by atoms with Crippen molar-refractivity contribution in [1.29, 1.82) is 0 Å². The molecular weight excluding hydrogens is 230 g/mol. The summed E-state index contributed by atoms with van der Waals surface area (Å²) in [6, 6.07) is 7.22. The molecule has 0 heterocycles. The van der Waals surface area contributed by atoms with E-state index in [-0.39, 0.29) is 6.42 Å². The second kappa shape index (κ2) is 7.13. The van der Waals surface area contributed by atoms with E-state index in [1.165, 1.54) is 5.56 Å². The molecule has 0 aliphatic rings. The molecule has 1 aromatic carbocycles. The third-order valence-electron chi connectivity index (χ3n) is 3.01. The summed E-state index contributed by atoms with van der Waals surface area (Å²) in [6.07, 6.45) is 1.19. The highest BCUT2D eigenvalue weighted by Crippen LogP contribution is 2.19. The molecule has 2 unspecified atom stereocenters. The molecule has 3 N–H and O–H groups in total. The fourth-order valence-electron chi connectivity index (χ4n) is 1.96. The fraction of sp³-hybridized carbons (Fsp3) is 0.500. The molecule has 0 amide bonds. The van der Waals surface area contributed by atoms with E-state index >= 15 is 0 Å². The van der Waals surface area contributed by atoms with E-state index < -0.39 is 18.1 Å². The van der Waals surface area contributed by atoms with Gasteiger partial charge in [-0.3, -0.25) is 4.79 Å². The lowest BCUT2D eigenvalue weighted by atomic mass is 9.98. The van der Waals surface area contributed by atoms with Gasteiger partial charge in [0.15, 0.2) is 0 Å². The average Bonchev–Trinajstić information content (AvgIpc) is 2.36. The minimum atomic E-state index is -0.920. The number of aliphatic hydroxyl groups excluding tert-OH is 1. The van der Waals surface area contributed by atoms with Crippen LogP contribution in [0.4, 0.5) is 0 Å². The first-order valence-corrected chi connectivity index (χ1v) is 6.24. The molecule has 0 bridgehead atoms. The molecule has 1 aromatic rings. The minimum Gasteiger partial charge on any atom is -0.481 e. The predicted molar refractivity (Wildman–Crippen MR) is 70.5 cm³/mol. The van der Waals surface area contributed by atoms with Crippen molar-refractivity contribution < 1.29 is 15.0 Å². The van der Waals surface area contributed by atoms with Crippen LogP contribution in [0.3, 0.4) is 0 Å². The number of aliphatic carboxylic acids is 1. The number of hydrogen-bond acceptors (Lipinski definition) is 3. The molecule has 4 nitrogen and oxygen atoms in total. The summed E-state index contributed by atoms with van der Waals surface area (Å²) < 4.78 is 0. The Hall–Kier alpha value is -1.39. The summed E-state index contributed by atoms with van der Waals surface area (Å²) in [5.74, 6) is -0.920. The van der Waals surface area contributed by atoms with Crippen LogP contribution in [0.15, 0.2) is 24.3 Å². The number of carboxylic acid groups (broad SMARTS) is 1. The summed E-state index contributed by atoms with van der Waals surface area (Å²) in [6.45, 7) is 2.12. The monoisotopic (exact) mass is 251 g/mol. The van der Waals surface area contributed by atoms with Crippen LogP contribution in [-0.2, 0) is 11.2 Å². The van der Waals surface area contributed by atoms with E-state index in [1.54, 1.807) is 7.05 Å². The third kappa shape index (κ3) is 4.13. The van der Waals surface area contributed by atoms with Gasteiger partial charge < -0.3 is 15.5 Å². The minimum absolute atomic E-state index is 0.103. The van der Waals surface area contributed by atoms with Crippen molar-refractivity contribution in [2.75, 3.05) is 7.05 Å². The van der Waals surface area contributed by atoms with Crippen LogP contribution in [0.2, 0.25) is 0 Å². The number of carbonyl (C=O) groups is 1. The number of likely N-dealkylation sites (N-methyl/N-ethyl adjacent to an activating group) is 1. The Kier molecular flexibility index (Phi) is 5.82. The summed E-state index contributed by atoms with van der Waals surface area (Å²) in [7, 11) is 1.66. The number of rotatable bonds is 7. The second-order valence-electron chi connectivity index (χ2n) is 4.43. The maximum absolute atomic E-state index is 10.7. The van der Waals surface area contributed by atoms with Crippen LogP contribution in [0.1, 0.15) is 37.0 Å². The standard InChI is InChI=1S/C14H21NO3/c1-3-4-10-5-7-11(8-6-10)14(18)12(15-2)9-13(16)17/h5-8,12,14-15,18H,3-4,9H2,1-2H3,(H,16,17). The number of aryl methyl sites for hydroxylation is 1. The lowest BCUT2D eigenvalue weighted by Crippen LogP contribution is -2.34. The Morgan fingerprint density at radius 3 is 2.39 bits per heavy atom. The largest absolute Gasteiger partial charge is 0.481 e. The zero-order valence-corrected chi connectivity index (χ0v) is 10.9. The fourth-order valence-corrected chi connectivity index (χ4v) is 1.96. The Morgan fingerprint density at radius 1 is 1.33 bits per heavy atom. The molecule has 0 saturated carbocycles. The van der Waals surface area contributed by atoms with E-state index in [1.807, 2.05) is 24.3 Å². The van der Waals surface area contributed by atoms with E-state index in [9.17, 15) is 9.90 Å². The van der Waals surface area contributed by atoms with Crippen LogP contribution in [-0.4, -0.2) is 29.3 Å². The van der Waals surface area contributed by atoms with Crippen LogP contribution in [0, 0.1) is 0 Å². The quantitative estimate of drug-likeness (QED) is 0.690. The van der Waals surface area contributed by atoms with Gasteiger partial charge in [-0.15, -0.1) is 0 Å². The Labute approximate surface area is 108 Å². The highest BCUT2D eigenvalue weighted by molar-refractivity contribution is 5.67.